The van der Waals surface area contributed by atoms with Gasteiger partial charge in [-0.3, -0.25) is 4.79 Å². The standard InChI is InChI=1S/C15H18N2O2S/c1-11-4-3-5-13(8-11)19-9-14(18)16-7-6-15-17-12(2)10-20-15/h3-5,8,10H,6-7,9H2,1-2H3,(H,16,18). The van der Waals surface area contributed by atoms with Crippen LogP contribution < -0.4 is 10.1 Å². The van der Waals surface area contributed by atoms with E-state index in [2.05, 4.69) is 10.3 Å². The summed E-state index contributed by atoms with van der Waals surface area (Å²) in [7, 11) is 0. The van der Waals surface area contributed by atoms with Gasteiger partial charge >= 0.3 is 0 Å². The predicted molar refractivity (Wildman–Crippen MR) is 80.2 cm³/mol. The molecule has 0 saturated carbocycles. The van der Waals surface area contributed by atoms with E-state index < -0.39 is 0 Å². The Morgan fingerprint density at radius 3 is 2.95 bits per heavy atom. The van der Waals surface area contributed by atoms with Crippen molar-refractivity contribution >= 4 is 17.2 Å². The number of hydrogen-bond donors (Lipinski definition) is 1. The van der Waals surface area contributed by atoms with Crippen LogP contribution in [0.15, 0.2) is 29.6 Å². The van der Waals surface area contributed by atoms with Gasteiger partial charge in [0.1, 0.15) is 5.75 Å². The van der Waals surface area contributed by atoms with Gasteiger partial charge in [0, 0.05) is 24.0 Å². The average Bonchev–Trinajstić information content (AvgIpc) is 2.82. The maximum Gasteiger partial charge on any atom is 0.257 e. The summed E-state index contributed by atoms with van der Waals surface area (Å²) >= 11 is 1.62. The largest absolute Gasteiger partial charge is 0.484 e. The van der Waals surface area contributed by atoms with Gasteiger partial charge in [0.25, 0.3) is 5.91 Å². The molecule has 1 N–H and O–H groups in total. The molecular formula is C15H18N2O2S. The number of ether oxygens (including phenoxy) is 1. The molecule has 4 nitrogen and oxygen atoms in total. The molecule has 0 unspecified atom stereocenters. The molecule has 1 aromatic heterocycles. The molecule has 0 spiro atoms. The van der Waals surface area contributed by atoms with Crippen LogP contribution in [0.3, 0.4) is 0 Å². The minimum atomic E-state index is -0.111. The number of rotatable bonds is 6. The first kappa shape index (κ1) is 14.5. The van der Waals surface area contributed by atoms with Gasteiger partial charge in [-0.05, 0) is 31.5 Å². The summed E-state index contributed by atoms with van der Waals surface area (Å²) in [4.78, 5) is 16.0. The number of amides is 1. The summed E-state index contributed by atoms with van der Waals surface area (Å²) < 4.78 is 5.43. The molecule has 1 aromatic carbocycles. The average molecular weight is 290 g/mol. The molecule has 0 aliphatic rings. The molecule has 5 heteroatoms. The van der Waals surface area contributed by atoms with Crippen LogP contribution in [-0.2, 0) is 11.2 Å². The normalized spacial score (nSPS) is 10.3. The van der Waals surface area contributed by atoms with E-state index in [4.69, 9.17) is 4.74 Å². The molecular weight excluding hydrogens is 272 g/mol. The monoisotopic (exact) mass is 290 g/mol. The number of hydrogen-bond acceptors (Lipinski definition) is 4. The summed E-state index contributed by atoms with van der Waals surface area (Å²) in [6.07, 6.45) is 0.759. The van der Waals surface area contributed by atoms with Gasteiger partial charge in [0.2, 0.25) is 0 Å². The second kappa shape index (κ2) is 7.05. The van der Waals surface area contributed by atoms with Crippen molar-refractivity contribution in [3.8, 4) is 5.75 Å². The van der Waals surface area contributed by atoms with Gasteiger partial charge in [-0.2, -0.15) is 0 Å². The van der Waals surface area contributed by atoms with Crippen LogP contribution in [0.2, 0.25) is 0 Å². The molecule has 0 aliphatic carbocycles. The molecule has 0 atom stereocenters. The van der Waals surface area contributed by atoms with E-state index >= 15 is 0 Å². The highest BCUT2D eigenvalue weighted by molar-refractivity contribution is 7.09. The number of thiazole rings is 1. The van der Waals surface area contributed by atoms with E-state index in [1.165, 1.54) is 0 Å². The highest BCUT2D eigenvalue weighted by Crippen LogP contribution is 2.12. The Kier molecular flexibility index (Phi) is 5.12. The Labute approximate surface area is 122 Å². The molecule has 106 valence electrons. The smallest absolute Gasteiger partial charge is 0.257 e. The van der Waals surface area contributed by atoms with Crippen LogP contribution in [0.25, 0.3) is 0 Å². The van der Waals surface area contributed by atoms with Crippen LogP contribution >= 0.6 is 11.3 Å². The lowest BCUT2D eigenvalue weighted by Crippen LogP contribution is -2.30. The van der Waals surface area contributed by atoms with Gasteiger partial charge in [0.15, 0.2) is 6.61 Å². The molecule has 0 saturated heterocycles. The molecule has 2 rings (SSSR count). The number of carbonyl (C=O) groups excluding carboxylic acids is 1. The molecule has 0 bridgehead atoms. The van der Waals surface area contributed by atoms with Gasteiger partial charge < -0.3 is 10.1 Å². The topological polar surface area (TPSA) is 51.2 Å². The third-order valence-electron chi connectivity index (χ3n) is 2.69. The van der Waals surface area contributed by atoms with Crippen molar-refractivity contribution in [2.24, 2.45) is 0 Å². The molecule has 1 amide bonds. The fourth-order valence-corrected chi connectivity index (χ4v) is 2.51. The van der Waals surface area contributed by atoms with E-state index in [1.807, 2.05) is 43.5 Å². The van der Waals surface area contributed by atoms with Crippen LogP contribution in [0, 0.1) is 13.8 Å². The second-order valence-corrected chi connectivity index (χ2v) is 5.53. The third-order valence-corrected chi connectivity index (χ3v) is 3.71. The Morgan fingerprint density at radius 2 is 2.25 bits per heavy atom. The highest BCUT2D eigenvalue weighted by atomic mass is 32.1. The SMILES string of the molecule is Cc1cccc(OCC(=O)NCCc2nc(C)cs2)c1. The fraction of sp³-hybridized carbons (Fsp3) is 0.333. The van der Waals surface area contributed by atoms with E-state index in [0.29, 0.717) is 6.54 Å². The molecule has 0 aliphatic heterocycles. The number of carbonyl (C=O) groups is 1. The zero-order valence-corrected chi connectivity index (χ0v) is 12.5. The minimum absolute atomic E-state index is 0.0420. The van der Waals surface area contributed by atoms with Crippen molar-refractivity contribution in [3.63, 3.8) is 0 Å². The summed E-state index contributed by atoms with van der Waals surface area (Å²) in [5.41, 5.74) is 2.14. The number of nitrogens with zero attached hydrogens (tertiary/aromatic N) is 1. The van der Waals surface area contributed by atoms with E-state index in [1.54, 1.807) is 11.3 Å². The molecule has 2 aromatic rings. The van der Waals surface area contributed by atoms with Crippen LogP contribution in [0.5, 0.6) is 5.75 Å². The first-order valence-electron chi connectivity index (χ1n) is 6.50. The Hall–Kier alpha value is -1.88. The lowest BCUT2D eigenvalue weighted by atomic mass is 10.2. The summed E-state index contributed by atoms with van der Waals surface area (Å²) in [5, 5.41) is 5.88. The van der Waals surface area contributed by atoms with Crippen LogP contribution in [0.4, 0.5) is 0 Å². The number of nitrogens with one attached hydrogen (secondary N) is 1. The van der Waals surface area contributed by atoms with Gasteiger partial charge in [0.05, 0.1) is 5.01 Å². The van der Waals surface area contributed by atoms with E-state index in [0.717, 1.165) is 28.4 Å². The summed E-state index contributed by atoms with van der Waals surface area (Å²) in [6.45, 7) is 4.58. The number of aromatic nitrogens is 1. The van der Waals surface area contributed by atoms with Crippen LogP contribution in [-0.4, -0.2) is 24.0 Å². The predicted octanol–water partition coefficient (Wildman–Crippen LogP) is 2.50. The van der Waals surface area contributed by atoms with Crippen molar-refractivity contribution in [2.75, 3.05) is 13.2 Å². The maximum absolute atomic E-state index is 11.6. The first-order chi connectivity index (χ1) is 9.63. The van der Waals surface area contributed by atoms with E-state index in [-0.39, 0.29) is 12.5 Å². The third kappa shape index (κ3) is 4.66. The molecule has 0 radical (unpaired) electrons. The quantitative estimate of drug-likeness (QED) is 0.889. The Morgan fingerprint density at radius 1 is 1.40 bits per heavy atom. The number of aryl methyl sites for hydroxylation is 2. The Balaban J connectivity index is 1.68. The Bertz CT molecular complexity index is 581. The molecule has 1 heterocycles. The summed E-state index contributed by atoms with van der Waals surface area (Å²) in [5.74, 6) is 0.607. The van der Waals surface area contributed by atoms with Crippen molar-refractivity contribution in [2.45, 2.75) is 20.3 Å². The lowest BCUT2D eigenvalue weighted by molar-refractivity contribution is -0.123. The van der Waals surface area contributed by atoms with Gasteiger partial charge in [-0.1, -0.05) is 12.1 Å². The van der Waals surface area contributed by atoms with Gasteiger partial charge in [-0.25, -0.2) is 4.98 Å². The molecule has 20 heavy (non-hydrogen) atoms. The van der Waals surface area contributed by atoms with Gasteiger partial charge in [-0.15, -0.1) is 11.3 Å². The molecule has 0 fully saturated rings. The highest BCUT2D eigenvalue weighted by Gasteiger charge is 2.04. The van der Waals surface area contributed by atoms with Crippen molar-refractivity contribution in [3.05, 3.63) is 45.9 Å². The first-order valence-corrected chi connectivity index (χ1v) is 7.38. The fourth-order valence-electron chi connectivity index (χ4n) is 1.73. The second-order valence-electron chi connectivity index (χ2n) is 4.59. The van der Waals surface area contributed by atoms with Crippen molar-refractivity contribution < 1.29 is 9.53 Å². The number of benzene rings is 1. The zero-order chi connectivity index (χ0) is 14.4. The maximum atomic E-state index is 11.6. The van der Waals surface area contributed by atoms with Crippen molar-refractivity contribution in [1.82, 2.24) is 10.3 Å². The van der Waals surface area contributed by atoms with E-state index in [9.17, 15) is 4.79 Å². The minimum Gasteiger partial charge on any atom is -0.484 e. The zero-order valence-electron chi connectivity index (χ0n) is 11.7. The van der Waals surface area contributed by atoms with Crippen molar-refractivity contribution in [1.29, 1.82) is 0 Å². The summed E-state index contributed by atoms with van der Waals surface area (Å²) in [6, 6.07) is 7.65. The lowest BCUT2D eigenvalue weighted by Gasteiger charge is -2.07. The van der Waals surface area contributed by atoms with Crippen LogP contribution in [0.1, 0.15) is 16.3 Å².